The van der Waals surface area contributed by atoms with E-state index in [4.69, 9.17) is 19.4 Å². The second-order valence-corrected chi connectivity index (χ2v) is 12.0. The van der Waals surface area contributed by atoms with Gasteiger partial charge in [-0.05, 0) is 68.4 Å². The van der Waals surface area contributed by atoms with Gasteiger partial charge in [0.2, 0.25) is 0 Å². The van der Waals surface area contributed by atoms with E-state index in [1.165, 1.54) is 27.6 Å². The van der Waals surface area contributed by atoms with E-state index in [1.54, 1.807) is 0 Å². The Morgan fingerprint density at radius 1 is 0.319 bits per heavy atom. The molecule has 0 aliphatic heterocycles. The normalized spacial score (nSPS) is 11.8. The Labute approximate surface area is 270 Å². The summed E-state index contributed by atoms with van der Waals surface area (Å²) in [5.74, 6) is 1.88. The molecule has 0 saturated carbocycles. The summed E-state index contributed by atoms with van der Waals surface area (Å²) >= 11 is 0. The van der Waals surface area contributed by atoms with Crippen LogP contribution >= 0.6 is 0 Å². The lowest BCUT2D eigenvalue weighted by atomic mass is 9.98. The van der Waals surface area contributed by atoms with Crippen molar-refractivity contribution in [3.05, 3.63) is 152 Å². The molecule has 10 rings (SSSR count). The number of furan rings is 1. The van der Waals surface area contributed by atoms with Gasteiger partial charge in [0.25, 0.3) is 0 Å². The Morgan fingerprint density at radius 2 is 0.915 bits per heavy atom. The lowest BCUT2D eigenvalue weighted by Crippen LogP contribution is -2.01. The van der Waals surface area contributed by atoms with Crippen LogP contribution in [0.15, 0.2) is 156 Å². The molecule has 0 radical (unpaired) electrons. The van der Waals surface area contributed by atoms with E-state index in [-0.39, 0.29) is 0 Å². The highest BCUT2D eigenvalue weighted by atomic mass is 16.3. The average molecular weight is 600 g/mol. The molecule has 4 nitrogen and oxygen atoms in total. The molecule has 0 bridgehead atoms. The van der Waals surface area contributed by atoms with Crippen LogP contribution in [-0.2, 0) is 0 Å². The number of fused-ring (bicyclic) bond motifs is 6. The number of rotatable bonds is 4. The third-order valence-electron chi connectivity index (χ3n) is 9.30. The molecule has 2 heterocycles. The molecule has 0 fully saturated rings. The highest BCUT2D eigenvalue weighted by molar-refractivity contribution is 6.18. The zero-order chi connectivity index (χ0) is 30.9. The third kappa shape index (κ3) is 3.98. The minimum Gasteiger partial charge on any atom is -0.456 e. The van der Waals surface area contributed by atoms with Gasteiger partial charge in [-0.25, -0.2) is 15.0 Å². The Morgan fingerprint density at radius 3 is 1.70 bits per heavy atom. The molecule has 1 aliphatic rings. The predicted molar refractivity (Wildman–Crippen MR) is 191 cm³/mol. The highest BCUT2D eigenvalue weighted by Gasteiger charge is 2.24. The van der Waals surface area contributed by atoms with Crippen molar-refractivity contribution in [2.75, 3.05) is 0 Å². The molecule has 0 saturated heterocycles. The Bertz CT molecular complexity index is 2650. The van der Waals surface area contributed by atoms with Crippen molar-refractivity contribution in [3.63, 3.8) is 0 Å². The van der Waals surface area contributed by atoms with Crippen LogP contribution in [0.25, 0.3) is 100 Å². The average Bonchev–Trinajstić information content (AvgIpc) is 3.69. The zero-order valence-electron chi connectivity index (χ0n) is 25.2. The first-order valence-electron chi connectivity index (χ1n) is 15.8. The van der Waals surface area contributed by atoms with Crippen LogP contribution in [0.4, 0.5) is 0 Å². The number of benzene rings is 7. The Balaban J connectivity index is 1.23. The zero-order valence-corrected chi connectivity index (χ0v) is 25.2. The van der Waals surface area contributed by atoms with Gasteiger partial charge in [-0.15, -0.1) is 0 Å². The first kappa shape index (κ1) is 25.9. The summed E-state index contributed by atoms with van der Waals surface area (Å²) in [5, 5.41) is 4.40. The molecule has 1 aliphatic carbocycles. The standard InChI is InChI=1S/C43H25N3O/c1-3-11-26(12-4-1)28-21-24-37-36(25-28)40-35(19-10-20-38(40)47-37)43-45-41(27-13-5-2-6-14-27)44-42(46-43)34-23-22-33-30-16-8-7-15-29(30)31-17-9-18-32(34)39(31)33/h1-25H. The summed E-state index contributed by atoms with van der Waals surface area (Å²) in [6.45, 7) is 0. The number of hydrogen-bond donors (Lipinski definition) is 0. The first-order valence-corrected chi connectivity index (χ1v) is 15.8. The van der Waals surface area contributed by atoms with Crippen LogP contribution < -0.4 is 0 Å². The van der Waals surface area contributed by atoms with Crippen LogP contribution in [0.3, 0.4) is 0 Å². The molecule has 0 atom stereocenters. The van der Waals surface area contributed by atoms with Crippen molar-refractivity contribution in [3.8, 4) is 67.5 Å². The van der Waals surface area contributed by atoms with Crippen LogP contribution in [0, 0.1) is 0 Å². The molecule has 9 aromatic rings. The van der Waals surface area contributed by atoms with Crippen LogP contribution in [0.1, 0.15) is 0 Å². The van der Waals surface area contributed by atoms with Crippen LogP contribution in [0.2, 0.25) is 0 Å². The number of aromatic nitrogens is 3. The van der Waals surface area contributed by atoms with Gasteiger partial charge in [-0.2, -0.15) is 0 Å². The summed E-state index contributed by atoms with van der Waals surface area (Å²) < 4.78 is 6.39. The molecular formula is C43H25N3O. The van der Waals surface area contributed by atoms with Crippen molar-refractivity contribution >= 4 is 32.7 Å². The van der Waals surface area contributed by atoms with E-state index >= 15 is 0 Å². The van der Waals surface area contributed by atoms with Crippen molar-refractivity contribution in [1.29, 1.82) is 0 Å². The molecule has 0 amide bonds. The minimum absolute atomic E-state index is 0.610. The topological polar surface area (TPSA) is 51.8 Å². The summed E-state index contributed by atoms with van der Waals surface area (Å²) in [5.41, 5.74) is 11.8. The van der Waals surface area contributed by atoms with Gasteiger partial charge in [0, 0.05) is 27.5 Å². The Hall–Kier alpha value is -6.39. The van der Waals surface area contributed by atoms with Gasteiger partial charge in [-0.3, -0.25) is 0 Å². The maximum atomic E-state index is 6.39. The largest absolute Gasteiger partial charge is 0.456 e. The molecular weight excluding hydrogens is 574 g/mol. The molecule has 2 aromatic heterocycles. The highest BCUT2D eigenvalue weighted by Crippen LogP contribution is 2.49. The van der Waals surface area contributed by atoms with Crippen molar-refractivity contribution in [1.82, 2.24) is 15.0 Å². The smallest absolute Gasteiger partial charge is 0.164 e. The van der Waals surface area contributed by atoms with Gasteiger partial charge in [0.15, 0.2) is 17.5 Å². The van der Waals surface area contributed by atoms with Gasteiger partial charge >= 0.3 is 0 Å². The second kappa shape index (κ2) is 10.1. The fraction of sp³-hybridized carbons (Fsp3) is 0. The Kier molecular flexibility index (Phi) is 5.54. The fourth-order valence-electron chi connectivity index (χ4n) is 7.16. The summed E-state index contributed by atoms with van der Waals surface area (Å²) in [7, 11) is 0. The van der Waals surface area contributed by atoms with E-state index in [2.05, 4.69) is 103 Å². The van der Waals surface area contributed by atoms with Crippen LogP contribution in [-0.4, -0.2) is 15.0 Å². The SMILES string of the molecule is c1ccc(-c2ccc3oc4cccc(-c5nc(-c6ccccc6)nc(-c6ccc7c8c(cccc68)-c6ccccc6-7)n5)c4c3c2)cc1. The van der Waals surface area contributed by atoms with Crippen molar-refractivity contribution < 1.29 is 4.42 Å². The second-order valence-electron chi connectivity index (χ2n) is 12.0. The quantitative estimate of drug-likeness (QED) is 0.202. The molecule has 0 unspecified atom stereocenters. The molecule has 218 valence electrons. The van der Waals surface area contributed by atoms with E-state index in [1.807, 2.05) is 48.5 Å². The molecule has 0 spiro atoms. The monoisotopic (exact) mass is 599 g/mol. The first-order chi connectivity index (χ1) is 23.3. The van der Waals surface area contributed by atoms with Crippen molar-refractivity contribution in [2.24, 2.45) is 0 Å². The number of nitrogens with zero attached hydrogens (tertiary/aromatic N) is 3. The third-order valence-corrected chi connectivity index (χ3v) is 9.30. The van der Waals surface area contributed by atoms with Gasteiger partial charge < -0.3 is 4.42 Å². The van der Waals surface area contributed by atoms with E-state index in [0.29, 0.717) is 17.5 Å². The van der Waals surface area contributed by atoms with Gasteiger partial charge in [0.1, 0.15) is 11.2 Å². The summed E-state index contributed by atoms with van der Waals surface area (Å²) in [6.07, 6.45) is 0. The molecule has 4 heteroatoms. The lowest BCUT2D eigenvalue weighted by molar-refractivity contribution is 0.669. The molecule has 0 N–H and O–H groups in total. The van der Waals surface area contributed by atoms with E-state index in [9.17, 15) is 0 Å². The van der Waals surface area contributed by atoms with E-state index in [0.717, 1.165) is 55.1 Å². The maximum absolute atomic E-state index is 6.39. The summed E-state index contributed by atoms with van der Waals surface area (Å²) in [4.78, 5) is 15.5. The van der Waals surface area contributed by atoms with Crippen LogP contribution in [0.5, 0.6) is 0 Å². The predicted octanol–water partition coefficient (Wildman–Crippen LogP) is 11.2. The molecule has 47 heavy (non-hydrogen) atoms. The minimum atomic E-state index is 0.610. The maximum Gasteiger partial charge on any atom is 0.164 e. The van der Waals surface area contributed by atoms with Gasteiger partial charge in [-0.1, -0.05) is 127 Å². The number of hydrogen-bond acceptors (Lipinski definition) is 4. The van der Waals surface area contributed by atoms with E-state index < -0.39 is 0 Å². The lowest BCUT2D eigenvalue weighted by Gasteiger charge is -2.12. The fourth-order valence-corrected chi connectivity index (χ4v) is 7.16. The summed E-state index contributed by atoms with van der Waals surface area (Å²) in [6, 6.07) is 52.6. The van der Waals surface area contributed by atoms with Gasteiger partial charge in [0.05, 0.1) is 0 Å². The van der Waals surface area contributed by atoms with Crippen molar-refractivity contribution in [2.45, 2.75) is 0 Å². The molecule has 7 aromatic carbocycles.